The fourth-order valence-corrected chi connectivity index (χ4v) is 1.74. The molecule has 0 spiro atoms. The van der Waals surface area contributed by atoms with E-state index in [-0.39, 0.29) is 11.2 Å². The highest BCUT2D eigenvalue weighted by molar-refractivity contribution is 5.55. The Hall–Kier alpha value is -2.28. The van der Waals surface area contributed by atoms with Gasteiger partial charge in [-0.2, -0.15) is 0 Å². The van der Waals surface area contributed by atoms with Crippen LogP contribution < -0.4 is 5.32 Å². The topological polar surface area (TPSA) is 94.1 Å². The quantitative estimate of drug-likeness (QED) is 0.671. The SMILES string of the molecule is CC(C)(C)NCCc1nnc(-c2ccc([N+](=O)[O-])cc2)o1. The molecule has 0 aliphatic heterocycles. The molecule has 0 aliphatic carbocycles. The van der Waals surface area contributed by atoms with E-state index in [4.69, 9.17) is 4.42 Å². The van der Waals surface area contributed by atoms with E-state index in [9.17, 15) is 10.1 Å². The molecule has 0 unspecified atom stereocenters. The first-order valence-electron chi connectivity index (χ1n) is 6.67. The summed E-state index contributed by atoms with van der Waals surface area (Å²) >= 11 is 0. The Morgan fingerprint density at radius 1 is 1.24 bits per heavy atom. The highest BCUT2D eigenvalue weighted by Gasteiger charge is 2.12. The van der Waals surface area contributed by atoms with Crippen molar-refractivity contribution in [2.75, 3.05) is 6.54 Å². The summed E-state index contributed by atoms with van der Waals surface area (Å²) in [5.74, 6) is 0.913. The standard InChI is InChI=1S/C14H18N4O3/c1-14(2,3)15-9-8-12-16-17-13(21-12)10-4-6-11(7-5-10)18(19)20/h4-7,15H,8-9H2,1-3H3. The number of rotatable bonds is 5. The fraction of sp³-hybridized carbons (Fsp3) is 0.429. The molecule has 2 aromatic rings. The van der Waals surface area contributed by atoms with Crippen LogP contribution in [-0.4, -0.2) is 27.2 Å². The second kappa shape index (κ2) is 6.01. The molecule has 0 atom stereocenters. The van der Waals surface area contributed by atoms with Gasteiger partial charge in [-0.15, -0.1) is 10.2 Å². The van der Waals surface area contributed by atoms with Gasteiger partial charge in [-0.1, -0.05) is 0 Å². The first kappa shape index (κ1) is 15.1. The first-order chi connectivity index (χ1) is 9.85. The van der Waals surface area contributed by atoms with Gasteiger partial charge in [-0.25, -0.2) is 0 Å². The van der Waals surface area contributed by atoms with Crippen LogP contribution in [0.15, 0.2) is 28.7 Å². The van der Waals surface area contributed by atoms with Crippen LogP contribution in [0, 0.1) is 10.1 Å². The van der Waals surface area contributed by atoms with Gasteiger partial charge in [0.2, 0.25) is 11.8 Å². The Morgan fingerprint density at radius 3 is 2.48 bits per heavy atom. The van der Waals surface area contributed by atoms with E-state index in [1.54, 1.807) is 12.1 Å². The largest absolute Gasteiger partial charge is 0.421 e. The lowest BCUT2D eigenvalue weighted by Gasteiger charge is -2.19. The summed E-state index contributed by atoms with van der Waals surface area (Å²) in [4.78, 5) is 10.2. The molecule has 1 aromatic heterocycles. The second-order valence-electron chi connectivity index (χ2n) is 5.73. The number of hydrogen-bond donors (Lipinski definition) is 1. The Labute approximate surface area is 122 Å². The third-order valence-corrected chi connectivity index (χ3v) is 2.79. The van der Waals surface area contributed by atoms with E-state index >= 15 is 0 Å². The summed E-state index contributed by atoms with van der Waals surface area (Å²) in [7, 11) is 0. The number of nitro groups is 1. The van der Waals surface area contributed by atoms with Gasteiger partial charge >= 0.3 is 0 Å². The summed E-state index contributed by atoms with van der Waals surface area (Å²) in [5, 5.41) is 21.9. The number of non-ortho nitro benzene ring substituents is 1. The molecule has 0 bridgehead atoms. The van der Waals surface area contributed by atoms with E-state index in [0.717, 1.165) is 6.54 Å². The van der Waals surface area contributed by atoms with Crippen LogP contribution in [0.2, 0.25) is 0 Å². The molecule has 7 nitrogen and oxygen atoms in total. The Morgan fingerprint density at radius 2 is 1.90 bits per heavy atom. The molecule has 2 rings (SSSR count). The van der Waals surface area contributed by atoms with Crippen LogP contribution in [-0.2, 0) is 6.42 Å². The molecular weight excluding hydrogens is 272 g/mol. The predicted octanol–water partition coefficient (Wildman–Crippen LogP) is 2.58. The van der Waals surface area contributed by atoms with Crippen molar-refractivity contribution >= 4 is 5.69 Å². The van der Waals surface area contributed by atoms with Crippen LogP contribution in [0.5, 0.6) is 0 Å². The maximum Gasteiger partial charge on any atom is 0.269 e. The minimum absolute atomic E-state index is 0.0351. The lowest BCUT2D eigenvalue weighted by Crippen LogP contribution is -2.37. The molecule has 0 fully saturated rings. The molecule has 1 aromatic carbocycles. The van der Waals surface area contributed by atoms with Crippen molar-refractivity contribution in [2.45, 2.75) is 32.7 Å². The summed E-state index contributed by atoms with van der Waals surface area (Å²) in [6.45, 7) is 7.00. The average Bonchev–Trinajstić information content (AvgIpc) is 2.86. The van der Waals surface area contributed by atoms with E-state index in [2.05, 4.69) is 36.3 Å². The van der Waals surface area contributed by atoms with Crippen molar-refractivity contribution in [3.63, 3.8) is 0 Å². The average molecular weight is 290 g/mol. The zero-order chi connectivity index (χ0) is 15.5. The van der Waals surface area contributed by atoms with Gasteiger partial charge in [0.15, 0.2) is 0 Å². The normalized spacial score (nSPS) is 11.6. The van der Waals surface area contributed by atoms with E-state index in [0.29, 0.717) is 23.8 Å². The lowest BCUT2D eigenvalue weighted by molar-refractivity contribution is -0.384. The van der Waals surface area contributed by atoms with Crippen molar-refractivity contribution in [2.24, 2.45) is 0 Å². The maximum absolute atomic E-state index is 10.6. The minimum atomic E-state index is -0.443. The summed E-state index contributed by atoms with van der Waals surface area (Å²) in [5.41, 5.74) is 0.748. The number of nitro benzene ring substituents is 1. The molecule has 112 valence electrons. The second-order valence-corrected chi connectivity index (χ2v) is 5.73. The van der Waals surface area contributed by atoms with Crippen LogP contribution in [0.25, 0.3) is 11.5 Å². The molecule has 0 aliphatic rings. The third kappa shape index (κ3) is 4.35. The van der Waals surface area contributed by atoms with Crippen LogP contribution >= 0.6 is 0 Å². The summed E-state index contributed by atoms with van der Waals surface area (Å²) in [6, 6.07) is 6.03. The Kier molecular flexibility index (Phi) is 4.32. The first-order valence-corrected chi connectivity index (χ1v) is 6.67. The number of hydrogen-bond acceptors (Lipinski definition) is 6. The number of nitrogens with zero attached hydrogens (tertiary/aromatic N) is 3. The number of benzene rings is 1. The van der Waals surface area contributed by atoms with Crippen molar-refractivity contribution in [1.82, 2.24) is 15.5 Å². The van der Waals surface area contributed by atoms with Crippen LogP contribution in [0.1, 0.15) is 26.7 Å². The smallest absolute Gasteiger partial charge is 0.269 e. The van der Waals surface area contributed by atoms with Gasteiger partial charge in [0.25, 0.3) is 5.69 Å². The molecule has 7 heteroatoms. The Bertz CT molecular complexity index is 614. The van der Waals surface area contributed by atoms with E-state index < -0.39 is 4.92 Å². The molecule has 0 amide bonds. The molecular formula is C14H18N4O3. The lowest BCUT2D eigenvalue weighted by atomic mass is 10.1. The van der Waals surface area contributed by atoms with Crippen molar-refractivity contribution in [3.05, 3.63) is 40.3 Å². The van der Waals surface area contributed by atoms with Gasteiger partial charge in [0.1, 0.15) is 0 Å². The van der Waals surface area contributed by atoms with Crippen LogP contribution in [0.4, 0.5) is 5.69 Å². The highest BCUT2D eigenvalue weighted by Crippen LogP contribution is 2.21. The number of nitrogens with one attached hydrogen (secondary N) is 1. The van der Waals surface area contributed by atoms with E-state index in [1.165, 1.54) is 12.1 Å². The summed E-state index contributed by atoms with van der Waals surface area (Å²) in [6.07, 6.45) is 0.636. The zero-order valence-electron chi connectivity index (χ0n) is 12.3. The van der Waals surface area contributed by atoms with Gasteiger partial charge in [0.05, 0.1) is 4.92 Å². The van der Waals surface area contributed by atoms with Crippen molar-refractivity contribution in [3.8, 4) is 11.5 Å². The molecule has 0 saturated carbocycles. The van der Waals surface area contributed by atoms with Gasteiger partial charge in [0, 0.05) is 36.2 Å². The van der Waals surface area contributed by atoms with Gasteiger partial charge in [-0.05, 0) is 32.9 Å². The van der Waals surface area contributed by atoms with Crippen molar-refractivity contribution < 1.29 is 9.34 Å². The fourth-order valence-electron chi connectivity index (χ4n) is 1.74. The molecule has 21 heavy (non-hydrogen) atoms. The maximum atomic E-state index is 10.6. The minimum Gasteiger partial charge on any atom is -0.421 e. The molecule has 0 saturated heterocycles. The number of aromatic nitrogens is 2. The Balaban J connectivity index is 2.00. The monoisotopic (exact) mass is 290 g/mol. The van der Waals surface area contributed by atoms with E-state index in [1.807, 2.05) is 0 Å². The molecule has 1 heterocycles. The van der Waals surface area contributed by atoms with Crippen LogP contribution in [0.3, 0.4) is 0 Å². The van der Waals surface area contributed by atoms with Crippen molar-refractivity contribution in [1.29, 1.82) is 0 Å². The van der Waals surface area contributed by atoms with Gasteiger partial charge in [-0.3, -0.25) is 10.1 Å². The van der Waals surface area contributed by atoms with Gasteiger partial charge < -0.3 is 9.73 Å². The zero-order valence-corrected chi connectivity index (χ0v) is 12.3. The third-order valence-electron chi connectivity index (χ3n) is 2.79. The molecule has 1 N–H and O–H groups in total. The highest BCUT2D eigenvalue weighted by atomic mass is 16.6. The predicted molar refractivity (Wildman–Crippen MR) is 77.8 cm³/mol. The summed E-state index contributed by atoms with van der Waals surface area (Å²) < 4.78 is 5.55. The molecule has 0 radical (unpaired) electrons.